The van der Waals surface area contributed by atoms with Gasteiger partial charge in [0.2, 0.25) is 0 Å². The molecule has 0 aromatic carbocycles. The first-order valence-corrected chi connectivity index (χ1v) is 5.04. The molecule has 2 aromatic heterocycles. The largest absolute Gasteiger partial charge is 0.472 e. The van der Waals surface area contributed by atoms with E-state index < -0.39 is 11.9 Å². The first kappa shape index (κ1) is 12.3. The van der Waals surface area contributed by atoms with Crippen molar-refractivity contribution in [3.8, 4) is 0 Å². The van der Waals surface area contributed by atoms with E-state index in [0.717, 1.165) is 17.8 Å². The van der Waals surface area contributed by atoms with Crippen LogP contribution in [0.15, 0.2) is 35.3 Å². The molecule has 96 valence electrons. The molecule has 3 N–H and O–H groups in total. The summed E-state index contributed by atoms with van der Waals surface area (Å²) >= 11 is 0. The highest BCUT2D eigenvalue weighted by Gasteiger charge is 2.32. The van der Waals surface area contributed by atoms with Gasteiger partial charge in [-0.3, -0.25) is 0 Å². The van der Waals surface area contributed by atoms with E-state index in [2.05, 4.69) is 10.3 Å². The number of anilines is 2. The van der Waals surface area contributed by atoms with Crippen molar-refractivity contribution in [3.05, 3.63) is 42.1 Å². The summed E-state index contributed by atoms with van der Waals surface area (Å²) in [6.07, 6.45) is -0.524. The summed E-state index contributed by atoms with van der Waals surface area (Å²) in [5.41, 5.74) is 5.73. The maximum atomic E-state index is 12.5. The van der Waals surface area contributed by atoms with Gasteiger partial charge in [-0.15, -0.1) is 0 Å². The summed E-state index contributed by atoms with van der Waals surface area (Å²) in [5.74, 6) is 0. The molecule has 0 saturated carbocycles. The molecular formula is C11H10F3N3O. The Bertz CT molecular complexity index is 523. The van der Waals surface area contributed by atoms with E-state index >= 15 is 0 Å². The Morgan fingerprint density at radius 3 is 2.78 bits per heavy atom. The zero-order valence-electron chi connectivity index (χ0n) is 9.16. The summed E-state index contributed by atoms with van der Waals surface area (Å²) in [6.45, 7) is 0.321. The van der Waals surface area contributed by atoms with Crippen molar-refractivity contribution in [3.63, 3.8) is 0 Å². The van der Waals surface area contributed by atoms with Crippen LogP contribution in [0, 0.1) is 0 Å². The van der Waals surface area contributed by atoms with Gasteiger partial charge in [0, 0.05) is 12.1 Å². The molecule has 0 aliphatic rings. The van der Waals surface area contributed by atoms with E-state index in [1.54, 1.807) is 6.07 Å². The fraction of sp³-hybridized carbons (Fsp3) is 0.182. The highest BCUT2D eigenvalue weighted by Crippen LogP contribution is 2.31. The van der Waals surface area contributed by atoms with Crippen LogP contribution in [0.5, 0.6) is 0 Å². The molecule has 2 aromatic rings. The Kier molecular flexibility index (Phi) is 3.14. The van der Waals surface area contributed by atoms with E-state index in [1.165, 1.54) is 12.5 Å². The summed E-state index contributed by atoms with van der Waals surface area (Å²) in [6, 6.07) is 2.59. The van der Waals surface area contributed by atoms with Crippen LogP contribution < -0.4 is 11.1 Å². The number of furan rings is 1. The van der Waals surface area contributed by atoms with E-state index in [0.29, 0.717) is 6.54 Å². The zero-order valence-corrected chi connectivity index (χ0v) is 9.16. The third kappa shape index (κ3) is 2.73. The molecule has 0 saturated heterocycles. The van der Waals surface area contributed by atoms with Gasteiger partial charge in [0.1, 0.15) is 5.69 Å². The second-order valence-electron chi connectivity index (χ2n) is 3.64. The van der Waals surface area contributed by atoms with Gasteiger partial charge in [-0.2, -0.15) is 13.2 Å². The van der Waals surface area contributed by atoms with E-state index in [1.807, 2.05) is 0 Å². The third-order valence-electron chi connectivity index (χ3n) is 2.29. The first-order chi connectivity index (χ1) is 8.47. The van der Waals surface area contributed by atoms with Crippen molar-refractivity contribution < 1.29 is 17.6 Å². The third-order valence-corrected chi connectivity index (χ3v) is 2.29. The van der Waals surface area contributed by atoms with E-state index in [4.69, 9.17) is 10.2 Å². The lowest BCUT2D eigenvalue weighted by Crippen LogP contribution is -2.10. The van der Waals surface area contributed by atoms with Crippen molar-refractivity contribution in [2.75, 3.05) is 11.1 Å². The summed E-state index contributed by atoms with van der Waals surface area (Å²) in [4.78, 5) is 3.25. The summed E-state index contributed by atoms with van der Waals surface area (Å²) in [7, 11) is 0. The number of rotatable bonds is 3. The molecule has 0 fully saturated rings. The first-order valence-electron chi connectivity index (χ1n) is 5.04. The van der Waals surface area contributed by atoms with Gasteiger partial charge >= 0.3 is 6.18 Å². The molecule has 0 atom stereocenters. The number of halogens is 3. The number of nitrogen functional groups attached to an aromatic ring is 1. The van der Waals surface area contributed by atoms with Crippen LogP contribution in [-0.2, 0) is 12.7 Å². The molecule has 0 bridgehead atoms. The Morgan fingerprint density at radius 1 is 1.39 bits per heavy atom. The van der Waals surface area contributed by atoms with E-state index in [-0.39, 0.29) is 11.4 Å². The van der Waals surface area contributed by atoms with Gasteiger partial charge in [-0.05, 0) is 12.1 Å². The number of pyridine rings is 1. The lowest BCUT2D eigenvalue weighted by atomic mass is 10.2. The van der Waals surface area contributed by atoms with Crippen molar-refractivity contribution in [1.29, 1.82) is 0 Å². The van der Waals surface area contributed by atoms with Crippen LogP contribution in [-0.4, -0.2) is 4.98 Å². The SMILES string of the molecule is Nc1cnc(C(F)(F)F)cc1NCc1ccoc1. The summed E-state index contributed by atoms with van der Waals surface area (Å²) < 4.78 is 42.2. The Balaban J connectivity index is 2.16. The molecule has 0 radical (unpaired) electrons. The number of hydrogen-bond donors (Lipinski definition) is 2. The predicted octanol–water partition coefficient (Wildman–Crippen LogP) is 2.89. The predicted molar refractivity (Wildman–Crippen MR) is 59.7 cm³/mol. The molecule has 0 unspecified atom stereocenters. The number of nitrogens with one attached hydrogen (secondary N) is 1. The topological polar surface area (TPSA) is 64.1 Å². The van der Waals surface area contributed by atoms with Crippen LogP contribution in [0.2, 0.25) is 0 Å². The standard InChI is InChI=1S/C11H10F3N3O/c12-11(13,14)10-3-9(8(15)5-17-10)16-4-7-1-2-18-6-7/h1-3,5-6H,4,15H2,(H,16,17). The monoisotopic (exact) mass is 257 g/mol. The minimum Gasteiger partial charge on any atom is -0.472 e. The normalized spacial score (nSPS) is 11.5. The van der Waals surface area contributed by atoms with Crippen LogP contribution in [0.1, 0.15) is 11.3 Å². The average Bonchev–Trinajstić information content (AvgIpc) is 2.79. The highest BCUT2D eigenvalue weighted by molar-refractivity contribution is 5.65. The van der Waals surface area contributed by atoms with Crippen molar-refractivity contribution in [2.24, 2.45) is 0 Å². The molecule has 0 spiro atoms. The van der Waals surface area contributed by atoms with Gasteiger partial charge in [-0.25, -0.2) is 4.98 Å². The molecule has 0 aliphatic heterocycles. The van der Waals surface area contributed by atoms with Crippen LogP contribution in [0.4, 0.5) is 24.5 Å². The van der Waals surface area contributed by atoms with Gasteiger partial charge in [0.25, 0.3) is 0 Å². The van der Waals surface area contributed by atoms with Crippen molar-refractivity contribution >= 4 is 11.4 Å². The molecule has 2 rings (SSSR count). The molecule has 0 aliphatic carbocycles. The second kappa shape index (κ2) is 4.59. The second-order valence-corrected chi connectivity index (χ2v) is 3.64. The minimum atomic E-state index is -4.49. The van der Waals surface area contributed by atoms with Crippen molar-refractivity contribution in [2.45, 2.75) is 12.7 Å². The fourth-order valence-corrected chi connectivity index (χ4v) is 1.36. The lowest BCUT2D eigenvalue weighted by Gasteiger charge is -2.11. The number of nitrogens with zero attached hydrogens (tertiary/aromatic N) is 1. The molecule has 18 heavy (non-hydrogen) atoms. The van der Waals surface area contributed by atoms with Crippen LogP contribution >= 0.6 is 0 Å². The van der Waals surface area contributed by atoms with Gasteiger partial charge in [0.05, 0.1) is 30.1 Å². The average molecular weight is 257 g/mol. The number of nitrogens with two attached hydrogens (primary N) is 1. The number of alkyl halides is 3. The van der Waals surface area contributed by atoms with Gasteiger partial charge in [0.15, 0.2) is 0 Å². The lowest BCUT2D eigenvalue weighted by molar-refractivity contribution is -0.141. The fourth-order valence-electron chi connectivity index (χ4n) is 1.36. The van der Waals surface area contributed by atoms with E-state index in [9.17, 15) is 13.2 Å². The quantitative estimate of drug-likeness (QED) is 0.887. The maximum Gasteiger partial charge on any atom is 0.433 e. The van der Waals surface area contributed by atoms with Crippen molar-refractivity contribution in [1.82, 2.24) is 4.98 Å². The Labute approximate surface area is 101 Å². The van der Waals surface area contributed by atoms with Crippen LogP contribution in [0.25, 0.3) is 0 Å². The van der Waals surface area contributed by atoms with Crippen LogP contribution in [0.3, 0.4) is 0 Å². The molecule has 7 heteroatoms. The Morgan fingerprint density at radius 2 is 2.17 bits per heavy atom. The van der Waals surface area contributed by atoms with Gasteiger partial charge < -0.3 is 15.5 Å². The minimum absolute atomic E-state index is 0.159. The zero-order chi connectivity index (χ0) is 13.2. The van der Waals surface area contributed by atoms with Gasteiger partial charge in [-0.1, -0.05) is 0 Å². The molecular weight excluding hydrogens is 247 g/mol. The molecule has 4 nitrogen and oxygen atoms in total. The maximum absolute atomic E-state index is 12.5. The number of aromatic nitrogens is 1. The Hall–Kier alpha value is -2.18. The highest BCUT2D eigenvalue weighted by atomic mass is 19.4. The summed E-state index contributed by atoms with van der Waals surface area (Å²) in [5, 5.41) is 2.80. The molecule has 2 heterocycles. The smallest absolute Gasteiger partial charge is 0.433 e. The number of hydrogen-bond acceptors (Lipinski definition) is 4. The molecule has 0 amide bonds.